The normalized spacial score (nSPS) is 11.7. The van der Waals surface area contributed by atoms with Gasteiger partial charge in [-0.25, -0.2) is 9.97 Å². The van der Waals surface area contributed by atoms with Gasteiger partial charge in [-0.1, -0.05) is 51.3 Å². The summed E-state index contributed by atoms with van der Waals surface area (Å²) in [5.41, 5.74) is 0.858. The van der Waals surface area contributed by atoms with Crippen LogP contribution in [0.5, 0.6) is 0 Å². The molecule has 2 rings (SSSR count). The van der Waals surface area contributed by atoms with Gasteiger partial charge in [-0.15, -0.1) is 0 Å². The van der Waals surface area contributed by atoms with E-state index in [0.29, 0.717) is 28.3 Å². The molecule has 0 amide bonds. The fourth-order valence-corrected chi connectivity index (χ4v) is 2.83. The third-order valence-corrected chi connectivity index (χ3v) is 4.07. The van der Waals surface area contributed by atoms with Crippen molar-refractivity contribution in [1.82, 2.24) is 9.97 Å². The Bertz CT molecular complexity index is 622. The van der Waals surface area contributed by atoms with Gasteiger partial charge >= 0.3 is 0 Å². The van der Waals surface area contributed by atoms with Crippen molar-refractivity contribution in [2.75, 3.05) is 6.61 Å². The van der Waals surface area contributed by atoms with Crippen LogP contribution < -0.4 is 0 Å². The molecule has 112 valence electrons. The van der Waals surface area contributed by atoms with E-state index in [1.807, 2.05) is 45.0 Å². The Kier molecular flexibility index (Phi) is 5.25. The minimum absolute atomic E-state index is 0.320. The van der Waals surface area contributed by atoms with Crippen molar-refractivity contribution in [3.05, 3.63) is 44.9 Å². The number of rotatable bonds is 4. The van der Waals surface area contributed by atoms with Crippen LogP contribution in [0.2, 0.25) is 10.3 Å². The molecule has 0 saturated carbocycles. The monoisotopic (exact) mass is 388 g/mol. The van der Waals surface area contributed by atoms with Crippen molar-refractivity contribution >= 4 is 39.1 Å². The van der Waals surface area contributed by atoms with Crippen LogP contribution >= 0.6 is 39.1 Å². The first-order valence-electron chi connectivity index (χ1n) is 6.48. The lowest BCUT2D eigenvalue weighted by Crippen LogP contribution is -2.25. The second kappa shape index (κ2) is 6.61. The molecule has 0 aliphatic heterocycles. The molecular formula is C15H15BrCl2N2O. The highest BCUT2D eigenvalue weighted by Crippen LogP contribution is 2.35. The lowest BCUT2D eigenvalue weighted by molar-refractivity contribution is -0.0207. The molecule has 3 nitrogen and oxygen atoms in total. The summed E-state index contributed by atoms with van der Waals surface area (Å²) in [7, 11) is 0. The Morgan fingerprint density at radius 1 is 1.10 bits per heavy atom. The van der Waals surface area contributed by atoms with Crippen molar-refractivity contribution in [3.8, 4) is 11.1 Å². The number of hydrogen-bond acceptors (Lipinski definition) is 3. The van der Waals surface area contributed by atoms with Gasteiger partial charge in [0, 0.05) is 11.1 Å². The highest BCUT2D eigenvalue weighted by molar-refractivity contribution is 9.10. The second-order valence-corrected chi connectivity index (χ2v) is 6.59. The van der Waals surface area contributed by atoms with Crippen molar-refractivity contribution in [2.24, 2.45) is 0 Å². The molecule has 0 spiro atoms. The zero-order chi connectivity index (χ0) is 15.6. The molecule has 1 aromatic carbocycles. The number of benzene rings is 1. The van der Waals surface area contributed by atoms with Crippen molar-refractivity contribution in [3.63, 3.8) is 0 Å². The number of halogens is 3. The zero-order valence-electron chi connectivity index (χ0n) is 12.0. The predicted molar refractivity (Wildman–Crippen MR) is 89.8 cm³/mol. The maximum Gasteiger partial charge on any atom is 0.163 e. The van der Waals surface area contributed by atoms with Gasteiger partial charge in [0.05, 0.1) is 5.56 Å². The van der Waals surface area contributed by atoms with Gasteiger partial charge in [0.25, 0.3) is 0 Å². The van der Waals surface area contributed by atoms with Crippen molar-refractivity contribution in [2.45, 2.75) is 26.4 Å². The Labute approximate surface area is 142 Å². The largest absolute Gasteiger partial charge is 0.368 e. The molecule has 0 fully saturated rings. The first-order valence-corrected chi connectivity index (χ1v) is 8.03. The lowest BCUT2D eigenvalue weighted by Gasteiger charge is -2.23. The number of nitrogens with zero attached hydrogens (tertiary/aromatic N) is 2. The van der Waals surface area contributed by atoms with Crippen LogP contribution in [0.3, 0.4) is 0 Å². The molecule has 0 aliphatic rings. The van der Waals surface area contributed by atoms with Crippen molar-refractivity contribution in [1.29, 1.82) is 0 Å². The Hall–Kier alpha value is -0.680. The first kappa shape index (κ1) is 16.7. The van der Waals surface area contributed by atoms with Crippen LogP contribution in [-0.4, -0.2) is 16.6 Å². The highest BCUT2D eigenvalue weighted by Gasteiger charge is 2.27. The summed E-state index contributed by atoms with van der Waals surface area (Å²) in [6, 6.07) is 7.65. The second-order valence-electron chi connectivity index (χ2n) is 4.95. The molecule has 0 N–H and O–H groups in total. The van der Waals surface area contributed by atoms with Gasteiger partial charge in [0.1, 0.15) is 15.9 Å². The number of hydrogen-bond donors (Lipinski definition) is 0. The van der Waals surface area contributed by atoms with E-state index in [4.69, 9.17) is 27.9 Å². The number of aromatic nitrogens is 2. The van der Waals surface area contributed by atoms with Gasteiger partial charge in [0.2, 0.25) is 0 Å². The third kappa shape index (κ3) is 3.75. The van der Waals surface area contributed by atoms with Gasteiger partial charge in [-0.2, -0.15) is 0 Å². The molecule has 1 heterocycles. The molecule has 0 bridgehead atoms. The molecule has 21 heavy (non-hydrogen) atoms. The maximum atomic E-state index is 6.31. The SMILES string of the molecule is CCOC(C)(C)c1nc(Cl)c(-c2ccc(Br)cc2)c(Cl)n1. The molecule has 1 aromatic heterocycles. The molecular weight excluding hydrogens is 375 g/mol. The summed E-state index contributed by atoms with van der Waals surface area (Å²) in [6.07, 6.45) is 0. The third-order valence-electron chi connectivity index (χ3n) is 3.00. The van der Waals surface area contributed by atoms with Gasteiger partial charge in [-0.05, 0) is 38.5 Å². The molecule has 2 aromatic rings. The summed E-state index contributed by atoms with van der Waals surface area (Å²) in [4.78, 5) is 8.71. The smallest absolute Gasteiger partial charge is 0.163 e. The van der Waals surface area contributed by atoms with E-state index in [2.05, 4.69) is 25.9 Å². The summed E-state index contributed by atoms with van der Waals surface area (Å²) >= 11 is 16.0. The lowest BCUT2D eigenvalue weighted by atomic mass is 10.1. The quantitative estimate of drug-likeness (QED) is 0.649. The average molecular weight is 390 g/mol. The van der Waals surface area contributed by atoms with Crippen LogP contribution in [0.1, 0.15) is 26.6 Å². The molecule has 0 saturated heterocycles. The summed E-state index contributed by atoms with van der Waals surface area (Å²) in [5.74, 6) is 0.472. The van der Waals surface area contributed by atoms with Crippen LogP contribution in [0, 0.1) is 0 Å². The highest BCUT2D eigenvalue weighted by atomic mass is 79.9. The van der Waals surface area contributed by atoms with Gasteiger partial charge in [-0.3, -0.25) is 0 Å². The van der Waals surface area contributed by atoms with Crippen molar-refractivity contribution < 1.29 is 4.74 Å². The van der Waals surface area contributed by atoms with Gasteiger partial charge < -0.3 is 4.74 Å². The fourth-order valence-electron chi connectivity index (χ4n) is 1.96. The maximum absolute atomic E-state index is 6.31. The minimum Gasteiger partial charge on any atom is -0.368 e. The van der Waals surface area contributed by atoms with Crippen LogP contribution in [0.15, 0.2) is 28.7 Å². The summed E-state index contributed by atoms with van der Waals surface area (Å²) < 4.78 is 6.62. The fraction of sp³-hybridized carbons (Fsp3) is 0.333. The van der Waals surface area contributed by atoms with E-state index in [1.54, 1.807) is 0 Å². The molecule has 0 atom stereocenters. The average Bonchev–Trinajstić information content (AvgIpc) is 2.40. The van der Waals surface area contributed by atoms with Crippen LogP contribution in [0.4, 0.5) is 0 Å². The van der Waals surface area contributed by atoms with E-state index in [0.717, 1.165) is 10.0 Å². The van der Waals surface area contributed by atoms with Gasteiger partial charge in [0.15, 0.2) is 5.82 Å². The Morgan fingerprint density at radius 3 is 2.10 bits per heavy atom. The minimum atomic E-state index is -0.639. The zero-order valence-corrected chi connectivity index (χ0v) is 15.1. The first-order chi connectivity index (χ1) is 9.85. The standard InChI is InChI=1S/C15H15BrCl2N2O/c1-4-21-15(2,3)14-19-12(17)11(13(18)20-14)9-5-7-10(16)8-6-9/h5-8H,4H2,1-3H3. The van der Waals surface area contributed by atoms with E-state index < -0.39 is 5.60 Å². The van der Waals surface area contributed by atoms with E-state index >= 15 is 0 Å². The molecule has 0 unspecified atom stereocenters. The topological polar surface area (TPSA) is 35.0 Å². The van der Waals surface area contributed by atoms with Crippen LogP contribution in [-0.2, 0) is 10.3 Å². The Balaban J connectivity index is 2.49. The van der Waals surface area contributed by atoms with Crippen LogP contribution in [0.25, 0.3) is 11.1 Å². The summed E-state index contributed by atoms with van der Waals surface area (Å²) in [5, 5.41) is 0.639. The molecule has 0 radical (unpaired) electrons. The van der Waals surface area contributed by atoms with E-state index in [9.17, 15) is 0 Å². The molecule has 0 aliphatic carbocycles. The Morgan fingerprint density at radius 2 is 1.62 bits per heavy atom. The molecule has 6 heteroatoms. The number of ether oxygens (including phenoxy) is 1. The van der Waals surface area contributed by atoms with E-state index in [1.165, 1.54) is 0 Å². The van der Waals surface area contributed by atoms with E-state index in [-0.39, 0.29) is 0 Å². The summed E-state index contributed by atoms with van der Waals surface area (Å²) in [6.45, 7) is 6.25. The predicted octanol–water partition coefficient (Wildman–Crippen LogP) is 5.48.